The Morgan fingerprint density at radius 2 is 1.23 bits per heavy atom. The number of rotatable bonds is 8. The van der Waals surface area contributed by atoms with Crippen LogP contribution in [0.1, 0.15) is 30.9 Å². The SMILES string of the molecule is CC(=Nc1c(Br)cc(C)cc1Br)C(CCCO[Si](C)(C)C)=Nc1c(Br)cc(C)cc1Br. The van der Waals surface area contributed by atoms with E-state index in [0.717, 1.165) is 60.1 Å². The third-order valence-electron chi connectivity index (χ3n) is 4.36. The van der Waals surface area contributed by atoms with E-state index in [1.165, 1.54) is 11.1 Å². The summed E-state index contributed by atoms with van der Waals surface area (Å²) in [5.74, 6) is 0. The number of halogens is 4. The Morgan fingerprint density at radius 3 is 1.65 bits per heavy atom. The van der Waals surface area contributed by atoms with E-state index < -0.39 is 8.32 Å². The molecule has 0 spiro atoms. The van der Waals surface area contributed by atoms with Crippen LogP contribution in [-0.2, 0) is 4.43 Å². The van der Waals surface area contributed by atoms with Crippen molar-refractivity contribution in [3.63, 3.8) is 0 Å². The van der Waals surface area contributed by atoms with Crippen LogP contribution in [0.5, 0.6) is 0 Å². The van der Waals surface area contributed by atoms with Gasteiger partial charge in [0.15, 0.2) is 8.32 Å². The fraction of sp³-hybridized carbons (Fsp3) is 0.391. The summed E-state index contributed by atoms with van der Waals surface area (Å²) in [4.78, 5) is 9.95. The highest BCUT2D eigenvalue weighted by molar-refractivity contribution is 9.11. The van der Waals surface area contributed by atoms with Gasteiger partial charge in [-0.05, 0) is 152 Å². The molecule has 0 radical (unpaired) electrons. The van der Waals surface area contributed by atoms with Crippen molar-refractivity contribution >= 4 is 94.8 Å². The van der Waals surface area contributed by atoms with Crippen LogP contribution in [0.25, 0.3) is 0 Å². The molecule has 0 fully saturated rings. The zero-order valence-electron chi connectivity index (χ0n) is 18.7. The molecule has 3 nitrogen and oxygen atoms in total. The van der Waals surface area contributed by atoms with Crippen LogP contribution >= 0.6 is 63.7 Å². The summed E-state index contributed by atoms with van der Waals surface area (Å²) in [6, 6.07) is 8.30. The van der Waals surface area contributed by atoms with Gasteiger partial charge in [-0.2, -0.15) is 0 Å². The number of aliphatic imine (C=N–C) groups is 2. The molecule has 0 aliphatic carbocycles. The van der Waals surface area contributed by atoms with Gasteiger partial charge >= 0.3 is 0 Å². The van der Waals surface area contributed by atoms with E-state index in [1.54, 1.807) is 0 Å². The van der Waals surface area contributed by atoms with Gasteiger partial charge < -0.3 is 4.43 Å². The van der Waals surface area contributed by atoms with Gasteiger partial charge in [0.05, 0.1) is 22.8 Å². The lowest BCUT2D eigenvalue weighted by molar-refractivity contribution is 0.307. The summed E-state index contributed by atoms with van der Waals surface area (Å²) in [5.41, 5.74) is 5.92. The zero-order chi connectivity index (χ0) is 23.3. The molecule has 8 heteroatoms. The van der Waals surface area contributed by atoms with Gasteiger partial charge in [-0.15, -0.1) is 0 Å². The molecule has 0 atom stereocenters. The fourth-order valence-corrected chi connectivity index (χ4v) is 6.84. The van der Waals surface area contributed by atoms with Gasteiger partial charge in [0.25, 0.3) is 0 Å². The van der Waals surface area contributed by atoms with Crippen molar-refractivity contribution in [3.05, 3.63) is 53.3 Å². The van der Waals surface area contributed by atoms with Gasteiger partial charge in [0.1, 0.15) is 0 Å². The summed E-state index contributed by atoms with van der Waals surface area (Å²) < 4.78 is 9.88. The lowest BCUT2D eigenvalue weighted by Crippen LogP contribution is -2.26. The van der Waals surface area contributed by atoms with E-state index >= 15 is 0 Å². The molecule has 2 aromatic rings. The first kappa shape index (κ1) is 27.1. The average Bonchev–Trinajstić information content (AvgIpc) is 2.61. The highest BCUT2D eigenvalue weighted by Crippen LogP contribution is 2.37. The van der Waals surface area contributed by atoms with Crippen molar-refractivity contribution in [1.29, 1.82) is 0 Å². The first-order chi connectivity index (χ1) is 14.4. The van der Waals surface area contributed by atoms with Gasteiger partial charge in [-0.25, -0.2) is 9.98 Å². The molecule has 2 rings (SSSR count). The molecule has 0 amide bonds. The van der Waals surface area contributed by atoms with Crippen LogP contribution in [0.3, 0.4) is 0 Å². The molecule has 0 heterocycles. The number of hydrogen-bond donors (Lipinski definition) is 0. The second-order valence-corrected chi connectivity index (χ2v) is 16.4. The minimum atomic E-state index is -1.53. The van der Waals surface area contributed by atoms with E-state index in [9.17, 15) is 0 Å². The monoisotopic (exact) mass is 692 g/mol. The van der Waals surface area contributed by atoms with Crippen molar-refractivity contribution in [3.8, 4) is 0 Å². The highest BCUT2D eigenvalue weighted by atomic mass is 79.9. The number of aryl methyl sites for hydroxylation is 2. The Balaban J connectivity index is 2.44. The molecule has 31 heavy (non-hydrogen) atoms. The van der Waals surface area contributed by atoms with Crippen LogP contribution in [0.4, 0.5) is 11.4 Å². The molecule has 0 saturated heterocycles. The molecular formula is C23H28Br4N2OSi. The van der Waals surface area contributed by atoms with Crippen LogP contribution in [0.15, 0.2) is 52.1 Å². The molecule has 0 aliphatic heterocycles. The molecule has 0 aromatic heterocycles. The molecule has 0 aliphatic rings. The second-order valence-electron chi connectivity index (χ2n) is 8.47. The van der Waals surface area contributed by atoms with Crippen molar-refractivity contribution in [2.75, 3.05) is 6.61 Å². The lowest BCUT2D eigenvalue weighted by atomic mass is 10.1. The minimum absolute atomic E-state index is 0.732. The fourth-order valence-electron chi connectivity index (χ4n) is 2.90. The number of hydrogen-bond acceptors (Lipinski definition) is 3. The third kappa shape index (κ3) is 8.63. The van der Waals surface area contributed by atoms with Crippen molar-refractivity contribution in [2.24, 2.45) is 9.98 Å². The summed E-state index contributed by atoms with van der Waals surface area (Å²) in [7, 11) is -1.53. The van der Waals surface area contributed by atoms with Crippen LogP contribution in [-0.4, -0.2) is 26.3 Å². The zero-order valence-corrected chi connectivity index (χ0v) is 26.1. The summed E-state index contributed by atoms with van der Waals surface area (Å²) >= 11 is 14.6. The summed E-state index contributed by atoms with van der Waals surface area (Å²) in [5, 5.41) is 0. The van der Waals surface area contributed by atoms with Crippen LogP contribution in [0, 0.1) is 13.8 Å². The maximum absolute atomic E-state index is 6.05. The Labute approximate surface area is 220 Å². The van der Waals surface area contributed by atoms with Crippen LogP contribution in [0.2, 0.25) is 19.6 Å². The van der Waals surface area contributed by atoms with E-state index in [-0.39, 0.29) is 0 Å². The largest absolute Gasteiger partial charge is 0.418 e. The topological polar surface area (TPSA) is 34.0 Å². The van der Waals surface area contributed by atoms with E-state index in [0.29, 0.717) is 0 Å². The Hall–Kier alpha value is -0.123. The summed E-state index contributed by atoms with van der Waals surface area (Å²) in [6.07, 6.45) is 1.68. The quantitative estimate of drug-likeness (QED) is 0.154. The molecule has 0 N–H and O–H groups in total. The maximum Gasteiger partial charge on any atom is 0.183 e. The Bertz CT molecular complexity index is 967. The van der Waals surface area contributed by atoms with Gasteiger partial charge in [-0.1, -0.05) is 0 Å². The molecule has 168 valence electrons. The van der Waals surface area contributed by atoms with Crippen molar-refractivity contribution in [2.45, 2.75) is 53.3 Å². The van der Waals surface area contributed by atoms with Crippen molar-refractivity contribution < 1.29 is 4.43 Å². The third-order valence-corrected chi connectivity index (χ3v) is 7.85. The van der Waals surface area contributed by atoms with Crippen molar-refractivity contribution in [1.82, 2.24) is 0 Å². The minimum Gasteiger partial charge on any atom is -0.418 e. The van der Waals surface area contributed by atoms with E-state index in [2.05, 4.69) is 121 Å². The van der Waals surface area contributed by atoms with E-state index in [4.69, 9.17) is 14.4 Å². The number of nitrogens with zero attached hydrogens (tertiary/aromatic N) is 2. The molecule has 0 bridgehead atoms. The normalized spacial score (nSPS) is 13.1. The number of benzene rings is 2. The van der Waals surface area contributed by atoms with Gasteiger partial charge in [-0.3, -0.25) is 0 Å². The highest BCUT2D eigenvalue weighted by Gasteiger charge is 2.15. The van der Waals surface area contributed by atoms with Crippen LogP contribution < -0.4 is 0 Å². The average molecular weight is 696 g/mol. The smallest absolute Gasteiger partial charge is 0.183 e. The molecule has 0 saturated carbocycles. The molecule has 0 unspecified atom stereocenters. The Kier molecular flexibility index (Phi) is 10.4. The maximum atomic E-state index is 6.05. The first-order valence-electron chi connectivity index (χ1n) is 10.1. The standard InChI is InChI=1S/C23H28Br4N2OSi/c1-14-10-17(24)22(18(25)11-14)28-16(3)21(8-7-9-30-31(4,5)6)29-23-19(26)12-15(2)13-20(23)27/h10-13H,7-9H2,1-6H3. The van der Waals surface area contributed by atoms with Gasteiger partial charge in [0.2, 0.25) is 0 Å². The predicted octanol–water partition coefficient (Wildman–Crippen LogP) is 9.85. The van der Waals surface area contributed by atoms with Gasteiger partial charge in [0, 0.05) is 24.5 Å². The van der Waals surface area contributed by atoms with E-state index in [1.807, 2.05) is 6.92 Å². The predicted molar refractivity (Wildman–Crippen MR) is 152 cm³/mol. The lowest BCUT2D eigenvalue weighted by Gasteiger charge is -2.17. The second kappa shape index (κ2) is 11.8. The molecular weight excluding hydrogens is 668 g/mol. The first-order valence-corrected chi connectivity index (χ1v) is 16.6. The molecule has 2 aromatic carbocycles. The Morgan fingerprint density at radius 1 is 0.806 bits per heavy atom. The summed E-state index contributed by atoms with van der Waals surface area (Å²) in [6.45, 7) is 13.5.